The van der Waals surface area contributed by atoms with Gasteiger partial charge in [0.1, 0.15) is 29.3 Å². The van der Waals surface area contributed by atoms with E-state index in [4.69, 9.17) is 16.2 Å². The van der Waals surface area contributed by atoms with Crippen molar-refractivity contribution in [3.8, 4) is 0 Å². The Morgan fingerprint density at radius 3 is 2.72 bits per heavy atom. The minimum absolute atomic E-state index is 0.106. The van der Waals surface area contributed by atoms with Crippen molar-refractivity contribution in [2.45, 2.75) is 0 Å². The molecule has 0 radical (unpaired) electrons. The topological polar surface area (TPSA) is 174 Å². The number of rotatable bonds is 4. The van der Waals surface area contributed by atoms with Gasteiger partial charge in [-0.25, -0.2) is 9.97 Å². The van der Waals surface area contributed by atoms with E-state index in [1.54, 1.807) is 0 Å². The second kappa shape index (κ2) is 7.68. The Balaban J connectivity index is 0.00000109. The molecule has 0 aliphatic heterocycles. The van der Waals surface area contributed by atoms with Crippen molar-refractivity contribution < 1.29 is 9.90 Å². The molecule has 0 fully saturated rings. The molecule has 3 heterocycles. The summed E-state index contributed by atoms with van der Waals surface area (Å²) >= 11 is 3.31. The molecule has 7 N–H and O–H groups in total. The Kier molecular flexibility index (Phi) is 5.62. The quantitative estimate of drug-likeness (QED) is 0.277. The van der Waals surface area contributed by atoms with Gasteiger partial charge in [0.2, 0.25) is 0 Å². The van der Waals surface area contributed by atoms with Crippen LogP contribution >= 0.6 is 15.9 Å². The summed E-state index contributed by atoms with van der Waals surface area (Å²) in [4.78, 5) is 36.5. The van der Waals surface area contributed by atoms with Crippen molar-refractivity contribution in [1.29, 1.82) is 5.41 Å². The molecule has 3 rings (SSSR count). The Bertz CT molecular complexity index is 996. The lowest BCUT2D eigenvalue weighted by atomic mass is 10.2. The summed E-state index contributed by atoms with van der Waals surface area (Å²) in [5.74, 6) is 0.437. The first kappa shape index (κ1) is 18.3. The van der Waals surface area contributed by atoms with Crippen LogP contribution in [0.25, 0.3) is 11.0 Å². The Labute approximate surface area is 149 Å². The van der Waals surface area contributed by atoms with E-state index in [9.17, 15) is 9.59 Å². The van der Waals surface area contributed by atoms with Crippen molar-refractivity contribution >= 4 is 56.8 Å². The maximum absolute atomic E-state index is 12.0. The summed E-state index contributed by atoms with van der Waals surface area (Å²) in [5, 5.41) is 17.7. The van der Waals surface area contributed by atoms with Gasteiger partial charge in [0, 0.05) is 18.9 Å². The smallest absolute Gasteiger partial charge is 0.273 e. The van der Waals surface area contributed by atoms with Crippen LogP contribution in [0.5, 0.6) is 0 Å². The number of aromatic nitrogens is 4. The van der Waals surface area contributed by atoms with E-state index in [0.29, 0.717) is 38.9 Å². The van der Waals surface area contributed by atoms with Crippen molar-refractivity contribution in [1.82, 2.24) is 19.9 Å². The van der Waals surface area contributed by atoms with Gasteiger partial charge in [-0.2, -0.15) is 0 Å². The van der Waals surface area contributed by atoms with E-state index in [-0.39, 0.29) is 11.5 Å². The summed E-state index contributed by atoms with van der Waals surface area (Å²) in [6.07, 6.45) is 2.98. The zero-order chi connectivity index (χ0) is 18.6. The van der Waals surface area contributed by atoms with E-state index < -0.39 is 5.56 Å². The van der Waals surface area contributed by atoms with Crippen LogP contribution in [0.15, 0.2) is 21.7 Å². The lowest BCUT2D eigenvalue weighted by Crippen LogP contribution is -2.15. The second-order valence-corrected chi connectivity index (χ2v) is 5.36. The highest BCUT2D eigenvalue weighted by Crippen LogP contribution is 2.31. The number of fused-ring (bicyclic) bond motifs is 1. The van der Waals surface area contributed by atoms with Crippen LogP contribution in [0.1, 0.15) is 16.1 Å². The zero-order valence-electron chi connectivity index (χ0n) is 12.9. The number of carbonyl (C=O) groups excluding carboxylic acids is 1. The summed E-state index contributed by atoms with van der Waals surface area (Å²) in [6, 6.07) is 1.44. The van der Waals surface area contributed by atoms with Crippen LogP contribution in [0.4, 0.5) is 17.3 Å². The first-order chi connectivity index (χ1) is 12.0. The monoisotopic (exact) mass is 407 g/mol. The largest absolute Gasteiger partial charge is 0.400 e. The minimum atomic E-state index is -0.456. The number of aliphatic hydroxyl groups is 1. The molecule has 25 heavy (non-hydrogen) atoms. The first-order valence-electron chi connectivity index (χ1n) is 6.77. The van der Waals surface area contributed by atoms with E-state index in [1.807, 2.05) is 0 Å². The third-order valence-electron chi connectivity index (χ3n) is 3.19. The number of aromatic amines is 2. The molecule has 0 unspecified atom stereocenters. The number of hydrogen-bond acceptors (Lipinski definition) is 8. The molecule has 10 nitrogen and oxygen atoms in total. The molecule has 0 saturated heterocycles. The molecule has 11 heteroatoms. The summed E-state index contributed by atoms with van der Waals surface area (Å²) in [7, 11) is 1.00. The summed E-state index contributed by atoms with van der Waals surface area (Å²) in [5.41, 5.74) is 6.44. The Morgan fingerprint density at radius 1 is 1.36 bits per heavy atom. The van der Waals surface area contributed by atoms with Crippen LogP contribution in [0, 0.1) is 5.41 Å². The number of H-pyrrole nitrogens is 2. The molecule has 0 amide bonds. The van der Waals surface area contributed by atoms with E-state index in [0.717, 1.165) is 13.3 Å². The number of pyridine rings is 1. The maximum atomic E-state index is 12.0. The lowest BCUT2D eigenvalue weighted by Gasteiger charge is -2.08. The molecule has 0 saturated carbocycles. The highest BCUT2D eigenvalue weighted by atomic mass is 79.9. The molecule has 0 aromatic carbocycles. The van der Waals surface area contributed by atoms with Crippen molar-refractivity contribution in [2.75, 3.05) is 18.2 Å². The van der Waals surface area contributed by atoms with Gasteiger partial charge in [-0.05, 0) is 22.0 Å². The van der Waals surface area contributed by atoms with Crippen LogP contribution in [0.3, 0.4) is 0 Å². The fourth-order valence-electron chi connectivity index (χ4n) is 2.08. The van der Waals surface area contributed by atoms with E-state index in [2.05, 4.69) is 41.2 Å². The predicted octanol–water partition coefficient (Wildman–Crippen LogP) is 1.15. The molecule has 130 valence electrons. The number of aliphatic hydroxyl groups excluding tert-OH is 1. The molecule has 3 aromatic heterocycles. The number of nitrogens with one attached hydrogen (secondary N) is 4. The number of nitrogens with zero attached hydrogens (tertiary/aromatic N) is 2. The molecule has 0 bridgehead atoms. The zero-order valence-corrected chi connectivity index (χ0v) is 14.5. The molecule has 0 atom stereocenters. The fourth-order valence-corrected chi connectivity index (χ4v) is 2.65. The summed E-state index contributed by atoms with van der Waals surface area (Å²) < 4.78 is 0.491. The highest BCUT2D eigenvalue weighted by Gasteiger charge is 2.16. The molecular formula is C14H14BrN7O3. The molecule has 3 aromatic rings. The first-order valence-corrected chi connectivity index (χ1v) is 7.56. The molecular weight excluding hydrogens is 394 g/mol. The maximum Gasteiger partial charge on any atom is 0.273 e. The van der Waals surface area contributed by atoms with Crippen LogP contribution in [0.2, 0.25) is 0 Å². The third-order valence-corrected chi connectivity index (χ3v) is 4.01. The van der Waals surface area contributed by atoms with E-state index >= 15 is 0 Å². The highest BCUT2D eigenvalue weighted by molar-refractivity contribution is 9.10. The SMILES string of the molecule is CO.N=Cc1cc(Nc2ncnc3[nH]c(C=O)c(Br)c23)c(=O)[nH]c1N. The van der Waals surface area contributed by atoms with Gasteiger partial charge in [-0.3, -0.25) is 9.59 Å². The minimum Gasteiger partial charge on any atom is -0.400 e. The standard InChI is InChI=1S/C13H10BrN7O2.CH4O/c14-9-7(3-22)20-12-8(9)11(17-4-18-12)19-6-1-5(2-15)10(16)21-13(6)23;1-2/h1-4,15H,(H3,16,21,23)(H2,17,18,19,20);2H,1H3. The van der Waals surface area contributed by atoms with E-state index in [1.165, 1.54) is 12.4 Å². The van der Waals surface area contributed by atoms with Gasteiger partial charge >= 0.3 is 0 Å². The number of nitrogen functional groups attached to an aromatic ring is 1. The number of carbonyl (C=O) groups is 1. The van der Waals surface area contributed by atoms with Gasteiger partial charge < -0.3 is 31.5 Å². The third kappa shape index (κ3) is 3.41. The average molecular weight is 408 g/mol. The van der Waals surface area contributed by atoms with Gasteiger partial charge in [-0.1, -0.05) is 0 Å². The van der Waals surface area contributed by atoms with Crippen LogP contribution < -0.4 is 16.6 Å². The van der Waals surface area contributed by atoms with Crippen LogP contribution in [-0.4, -0.2) is 44.7 Å². The average Bonchev–Trinajstić information content (AvgIpc) is 2.96. The predicted molar refractivity (Wildman–Crippen MR) is 97.8 cm³/mol. The van der Waals surface area contributed by atoms with Crippen LogP contribution in [-0.2, 0) is 0 Å². The van der Waals surface area contributed by atoms with Crippen molar-refractivity contribution in [2.24, 2.45) is 0 Å². The summed E-state index contributed by atoms with van der Waals surface area (Å²) in [6.45, 7) is 0. The number of aldehydes is 1. The number of halogens is 1. The number of anilines is 3. The Morgan fingerprint density at radius 2 is 2.08 bits per heavy atom. The molecule has 0 aliphatic carbocycles. The lowest BCUT2D eigenvalue weighted by molar-refractivity contribution is 0.111. The van der Waals surface area contributed by atoms with Crippen molar-refractivity contribution in [3.63, 3.8) is 0 Å². The second-order valence-electron chi connectivity index (χ2n) is 4.57. The van der Waals surface area contributed by atoms with Crippen molar-refractivity contribution in [3.05, 3.63) is 38.5 Å². The fraction of sp³-hybridized carbons (Fsp3) is 0.0714. The molecule has 0 aliphatic rings. The number of nitrogens with two attached hydrogens (primary N) is 1. The normalized spacial score (nSPS) is 10.0. The van der Waals surface area contributed by atoms with Gasteiger partial charge in [0.15, 0.2) is 6.29 Å². The van der Waals surface area contributed by atoms with Gasteiger partial charge in [0.25, 0.3) is 5.56 Å². The molecule has 0 spiro atoms. The van der Waals surface area contributed by atoms with Gasteiger partial charge in [0.05, 0.1) is 15.6 Å². The Hall–Kier alpha value is -3.05. The number of hydrogen-bond donors (Lipinski definition) is 6. The van der Waals surface area contributed by atoms with Gasteiger partial charge in [-0.15, -0.1) is 0 Å².